The van der Waals surface area contributed by atoms with Gasteiger partial charge >= 0.3 is 5.69 Å². The molecule has 2 fully saturated rings. The average molecular weight is 563 g/mol. The van der Waals surface area contributed by atoms with Crippen LogP contribution >= 0.6 is 11.6 Å². The van der Waals surface area contributed by atoms with Crippen LogP contribution in [0, 0.1) is 12.7 Å². The monoisotopic (exact) mass is 562 g/mol. The van der Waals surface area contributed by atoms with Gasteiger partial charge in [-0.15, -0.1) is 0 Å². The van der Waals surface area contributed by atoms with E-state index >= 15 is 0 Å². The van der Waals surface area contributed by atoms with Gasteiger partial charge in [0, 0.05) is 30.9 Å². The van der Waals surface area contributed by atoms with E-state index in [0.717, 1.165) is 5.56 Å². The van der Waals surface area contributed by atoms with Gasteiger partial charge in [-0.05, 0) is 49.1 Å². The van der Waals surface area contributed by atoms with E-state index in [1.54, 1.807) is 30.5 Å². The van der Waals surface area contributed by atoms with Crippen LogP contribution in [0.4, 0.5) is 10.2 Å². The summed E-state index contributed by atoms with van der Waals surface area (Å²) in [6.07, 6.45) is 2.01. The molecule has 0 saturated carbocycles. The molecule has 0 aliphatic carbocycles. The van der Waals surface area contributed by atoms with Crippen LogP contribution in [0.5, 0.6) is 0 Å². The van der Waals surface area contributed by atoms with Crippen LogP contribution in [-0.4, -0.2) is 57.3 Å². The van der Waals surface area contributed by atoms with Crippen LogP contribution in [0.15, 0.2) is 47.4 Å². The highest BCUT2D eigenvalue weighted by Crippen LogP contribution is 2.36. The van der Waals surface area contributed by atoms with Gasteiger partial charge in [-0.3, -0.25) is 9.78 Å². The molecule has 9 nitrogen and oxygen atoms in total. The quantitative estimate of drug-likeness (QED) is 0.352. The van der Waals surface area contributed by atoms with E-state index in [0.29, 0.717) is 54.3 Å². The molecule has 3 aromatic heterocycles. The highest BCUT2D eigenvalue weighted by Gasteiger charge is 2.35. The van der Waals surface area contributed by atoms with E-state index < -0.39 is 11.5 Å². The second-order valence-corrected chi connectivity index (χ2v) is 10.9. The molecule has 0 radical (unpaired) electrons. The van der Waals surface area contributed by atoms with Gasteiger partial charge in [0.15, 0.2) is 11.8 Å². The first-order valence-corrected chi connectivity index (χ1v) is 13.6. The maximum atomic E-state index is 14.9. The number of fused-ring (bicyclic) bond motifs is 1. The molecule has 2 aliphatic heterocycles. The molecule has 6 rings (SSSR count). The number of hydrogen-bond acceptors (Lipinski definition) is 7. The second kappa shape index (κ2) is 10.3. The number of ether oxygens (including phenoxy) is 1. The molecule has 1 aromatic carbocycles. The molecule has 11 heteroatoms. The lowest BCUT2D eigenvalue weighted by Gasteiger charge is -2.23. The molecule has 4 aromatic rings. The first-order chi connectivity index (χ1) is 19.2. The molecule has 0 spiro atoms. The van der Waals surface area contributed by atoms with Gasteiger partial charge in [0.1, 0.15) is 11.6 Å². The number of halogens is 2. The Kier molecular flexibility index (Phi) is 6.75. The van der Waals surface area contributed by atoms with Gasteiger partial charge in [0.2, 0.25) is 0 Å². The normalized spacial score (nSPS) is 18.5. The molecule has 2 saturated heterocycles. The molecule has 2 aliphatic rings. The zero-order valence-electron chi connectivity index (χ0n) is 22.3. The zero-order chi connectivity index (χ0) is 28.1. The van der Waals surface area contributed by atoms with Crippen molar-refractivity contribution in [2.24, 2.45) is 0 Å². The highest BCUT2D eigenvalue weighted by molar-refractivity contribution is 6.33. The Balaban J connectivity index is 1.56. The molecule has 2 atom stereocenters. The Labute approximate surface area is 235 Å². The van der Waals surface area contributed by atoms with Crippen LogP contribution < -0.4 is 15.9 Å². The van der Waals surface area contributed by atoms with E-state index in [1.165, 1.54) is 10.6 Å². The minimum absolute atomic E-state index is 0.00765. The molecular formula is C29H28ClFN6O3. The SMILES string of the molecule is Cc1ccnc(C(C)C)c1-n1c(=O)nc(N2CC[C@H](NC(=O)C3CO3)C2)c2cc(Cl)c(-c3ccccc3F)nc21. The summed E-state index contributed by atoms with van der Waals surface area (Å²) in [6, 6.07) is 9.65. The molecular weight excluding hydrogens is 535 g/mol. The third kappa shape index (κ3) is 4.71. The summed E-state index contributed by atoms with van der Waals surface area (Å²) in [5, 5.41) is 3.78. The highest BCUT2D eigenvalue weighted by atomic mass is 35.5. The summed E-state index contributed by atoms with van der Waals surface area (Å²) in [4.78, 5) is 42.0. The Morgan fingerprint density at radius 3 is 2.73 bits per heavy atom. The number of aromatic nitrogens is 4. The predicted molar refractivity (Wildman–Crippen MR) is 151 cm³/mol. The van der Waals surface area contributed by atoms with Crippen molar-refractivity contribution >= 4 is 34.4 Å². The average Bonchev–Trinajstić information content (AvgIpc) is 3.68. The summed E-state index contributed by atoms with van der Waals surface area (Å²) in [6.45, 7) is 7.37. The molecule has 1 amide bonds. The van der Waals surface area contributed by atoms with Crippen molar-refractivity contribution in [3.8, 4) is 16.9 Å². The maximum Gasteiger partial charge on any atom is 0.355 e. The fourth-order valence-corrected chi connectivity index (χ4v) is 5.49. The smallest absolute Gasteiger partial charge is 0.355 e. The first-order valence-electron chi connectivity index (χ1n) is 13.2. The van der Waals surface area contributed by atoms with E-state index in [1.807, 2.05) is 31.7 Å². The number of aryl methyl sites for hydroxylation is 1. The predicted octanol–water partition coefficient (Wildman–Crippen LogP) is 4.16. The summed E-state index contributed by atoms with van der Waals surface area (Å²) < 4.78 is 21.4. The van der Waals surface area contributed by atoms with Crippen LogP contribution in [0.25, 0.3) is 28.0 Å². The van der Waals surface area contributed by atoms with Crippen molar-refractivity contribution in [2.45, 2.75) is 45.3 Å². The van der Waals surface area contributed by atoms with Crippen LogP contribution in [-0.2, 0) is 9.53 Å². The van der Waals surface area contributed by atoms with Crippen molar-refractivity contribution < 1.29 is 13.9 Å². The van der Waals surface area contributed by atoms with Gasteiger partial charge in [-0.25, -0.2) is 18.7 Å². The van der Waals surface area contributed by atoms with Gasteiger partial charge < -0.3 is 15.0 Å². The van der Waals surface area contributed by atoms with E-state index in [4.69, 9.17) is 21.3 Å². The van der Waals surface area contributed by atoms with Crippen molar-refractivity contribution in [1.82, 2.24) is 24.8 Å². The third-order valence-electron chi connectivity index (χ3n) is 7.32. The second-order valence-electron chi connectivity index (χ2n) is 10.5. The number of carbonyl (C=O) groups excluding carboxylic acids is 1. The largest absolute Gasteiger partial charge is 0.363 e. The van der Waals surface area contributed by atoms with Crippen molar-refractivity contribution in [1.29, 1.82) is 0 Å². The fraction of sp³-hybridized carbons (Fsp3) is 0.345. The number of anilines is 1. The summed E-state index contributed by atoms with van der Waals surface area (Å²) >= 11 is 6.73. The van der Waals surface area contributed by atoms with Crippen LogP contribution in [0.3, 0.4) is 0 Å². The number of hydrogen-bond donors (Lipinski definition) is 1. The molecule has 40 heavy (non-hydrogen) atoms. The third-order valence-corrected chi connectivity index (χ3v) is 7.60. The molecule has 5 heterocycles. The summed E-state index contributed by atoms with van der Waals surface area (Å²) in [7, 11) is 0. The van der Waals surface area contributed by atoms with Crippen LogP contribution in [0.1, 0.15) is 37.4 Å². The van der Waals surface area contributed by atoms with Crippen LogP contribution in [0.2, 0.25) is 5.02 Å². The van der Waals surface area contributed by atoms with E-state index in [9.17, 15) is 14.0 Å². The fourth-order valence-electron chi connectivity index (χ4n) is 5.24. The summed E-state index contributed by atoms with van der Waals surface area (Å²) in [5.41, 5.74) is 2.35. The van der Waals surface area contributed by atoms with Gasteiger partial charge in [0.05, 0.1) is 34.1 Å². The molecule has 206 valence electrons. The number of benzene rings is 1. The Hall–Kier alpha value is -3.89. The zero-order valence-corrected chi connectivity index (χ0v) is 23.1. The topological polar surface area (TPSA) is 106 Å². The minimum Gasteiger partial charge on any atom is -0.363 e. The Morgan fingerprint density at radius 2 is 2.00 bits per heavy atom. The number of nitrogens with one attached hydrogen (secondary N) is 1. The van der Waals surface area contributed by atoms with Gasteiger partial charge in [0.25, 0.3) is 5.91 Å². The minimum atomic E-state index is -0.534. The lowest BCUT2D eigenvalue weighted by atomic mass is 10.0. The lowest BCUT2D eigenvalue weighted by Crippen LogP contribution is -2.40. The Morgan fingerprint density at radius 1 is 1.23 bits per heavy atom. The number of carbonyl (C=O) groups is 1. The Bertz CT molecular complexity index is 1700. The number of amides is 1. The van der Waals surface area contributed by atoms with Crippen molar-refractivity contribution in [3.63, 3.8) is 0 Å². The molecule has 1 unspecified atom stereocenters. The molecule has 1 N–H and O–H groups in total. The number of nitrogens with zero attached hydrogens (tertiary/aromatic N) is 5. The van der Waals surface area contributed by atoms with Crippen molar-refractivity contribution in [2.75, 3.05) is 24.6 Å². The van der Waals surface area contributed by atoms with Crippen molar-refractivity contribution in [3.05, 3.63) is 75.2 Å². The van der Waals surface area contributed by atoms with E-state index in [-0.39, 0.29) is 40.3 Å². The maximum absolute atomic E-state index is 14.9. The van der Waals surface area contributed by atoms with Gasteiger partial charge in [-0.2, -0.15) is 4.98 Å². The molecule has 0 bridgehead atoms. The summed E-state index contributed by atoms with van der Waals surface area (Å²) in [5.74, 6) is -0.184. The number of epoxide rings is 1. The number of rotatable bonds is 6. The number of pyridine rings is 2. The standard InChI is InChI=1S/C29H28ClFN6O3/c1-15(2)23-25(16(3)8-10-32-23)37-27-19(12-20(30)24(34-27)18-6-4-5-7-21(18)31)26(35-29(37)39)36-11-9-17(13-36)33-28(38)22-14-40-22/h4-8,10,12,15,17,22H,9,11,13-14H2,1-3H3,(H,33,38)/t17-,22?/m0/s1. The van der Waals surface area contributed by atoms with Gasteiger partial charge in [-0.1, -0.05) is 37.6 Å². The van der Waals surface area contributed by atoms with E-state index in [2.05, 4.69) is 15.3 Å². The lowest BCUT2D eigenvalue weighted by molar-refractivity contribution is -0.122. The first kappa shape index (κ1) is 26.3.